The number of benzene rings is 1. The molecule has 1 rings (SSSR count). The molecule has 0 aliphatic heterocycles. The Labute approximate surface area is 97.6 Å². The Hall–Kier alpha value is -0.530. The van der Waals surface area contributed by atoms with Gasteiger partial charge in [0.2, 0.25) is 0 Å². The molecule has 2 N–H and O–H groups in total. The predicted octanol–water partition coefficient (Wildman–Crippen LogP) is 3.75. The van der Waals surface area contributed by atoms with E-state index in [2.05, 4.69) is 26.0 Å². The van der Waals surface area contributed by atoms with Crippen LogP contribution in [0.25, 0.3) is 0 Å². The van der Waals surface area contributed by atoms with Crippen molar-refractivity contribution >= 4 is 11.6 Å². The number of nitrogens with two attached hydrogens (primary N) is 1. The lowest BCUT2D eigenvalue weighted by Gasteiger charge is -2.32. The van der Waals surface area contributed by atoms with Crippen LogP contribution in [0.2, 0.25) is 5.02 Å². The van der Waals surface area contributed by atoms with Crippen LogP contribution in [0.5, 0.6) is 0 Å². The average Bonchev–Trinajstić information content (AvgIpc) is 2.27. The number of halogens is 1. The summed E-state index contributed by atoms with van der Waals surface area (Å²) >= 11 is 5.90. The van der Waals surface area contributed by atoms with Gasteiger partial charge in [-0.2, -0.15) is 0 Å². The summed E-state index contributed by atoms with van der Waals surface area (Å²) in [6.45, 7) is 5.20. The first-order valence-corrected chi connectivity index (χ1v) is 6.02. The van der Waals surface area contributed by atoms with E-state index in [0.717, 1.165) is 30.8 Å². The van der Waals surface area contributed by atoms with Gasteiger partial charge in [-0.05, 0) is 48.9 Å². The fraction of sp³-hybridized carbons (Fsp3) is 0.538. The largest absolute Gasteiger partial charge is 0.330 e. The van der Waals surface area contributed by atoms with E-state index < -0.39 is 0 Å². The molecule has 1 nitrogen and oxygen atoms in total. The van der Waals surface area contributed by atoms with Crippen molar-refractivity contribution in [2.24, 2.45) is 5.73 Å². The van der Waals surface area contributed by atoms with Gasteiger partial charge in [-0.1, -0.05) is 37.6 Å². The number of hydrogen-bond donors (Lipinski definition) is 1. The highest BCUT2D eigenvalue weighted by molar-refractivity contribution is 6.30. The molecule has 0 heterocycles. The molecule has 1 aromatic carbocycles. The zero-order chi connectivity index (χ0) is 11.3. The summed E-state index contributed by atoms with van der Waals surface area (Å²) in [5.41, 5.74) is 7.31. The lowest BCUT2D eigenvalue weighted by Crippen LogP contribution is -2.27. The maximum atomic E-state index is 5.90. The van der Waals surface area contributed by atoms with Gasteiger partial charge in [-0.15, -0.1) is 0 Å². The molecule has 84 valence electrons. The molecule has 0 unspecified atom stereocenters. The second-order valence-corrected chi connectivity index (χ2v) is 4.47. The van der Waals surface area contributed by atoms with Gasteiger partial charge in [0.1, 0.15) is 0 Å². The summed E-state index contributed by atoms with van der Waals surface area (Å²) in [7, 11) is 0. The third-order valence-electron chi connectivity index (χ3n) is 3.43. The standard InChI is InChI=1S/C13H20ClN/c1-3-13(4-2,9-10-15)11-5-7-12(14)8-6-11/h5-8H,3-4,9-10,15H2,1-2H3. The van der Waals surface area contributed by atoms with Crippen LogP contribution in [0.15, 0.2) is 24.3 Å². The highest BCUT2D eigenvalue weighted by atomic mass is 35.5. The van der Waals surface area contributed by atoms with Crippen LogP contribution in [0.3, 0.4) is 0 Å². The van der Waals surface area contributed by atoms with Gasteiger partial charge >= 0.3 is 0 Å². The second kappa shape index (κ2) is 5.53. The van der Waals surface area contributed by atoms with Crippen molar-refractivity contribution in [2.75, 3.05) is 6.54 Å². The van der Waals surface area contributed by atoms with Gasteiger partial charge in [0, 0.05) is 5.02 Å². The number of hydrogen-bond acceptors (Lipinski definition) is 1. The van der Waals surface area contributed by atoms with E-state index in [4.69, 9.17) is 17.3 Å². The minimum absolute atomic E-state index is 0.235. The Kier molecular flexibility index (Phi) is 4.62. The van der Waals surface area contributed by atoms with Crippen molar-refractivity contribution in [1.82, 2.24) is 0 Å². The maximum absolute atomic E-state index is 5.90. The Bertz CT molecular complexity index is 288. The SMILES string of the molecule is CCC(CC)(CCN)c1ccc(Cl)cc1. The molecule has 0 fully saturated rings. The maximum Gasteiger partial charge on any atom is 0.0406 e. The van der Waals surface area contributed by atoms with Crippen molar-refractivity contribution in [1.29, 1.82) is 0 Å². The smallest absolute Gasteiger partial charge is 0.0406 e. The summed E-state index contributed by atoms with van der Waals surface area (Å²) in [5, 5.41) is 0.799. The van der Waals surface area contributed by atoms with Crippen molar-refractivity contribution in [3.63, 3.8) is 0 Å². The van der Waals surface area contributed by atoms with Gasteiger partial charge in [0.25, 0.3) is 0 Å². The quantitative estimate of drug-likeness (QED) is 0.812. The molecule has 0 radical (unpaired) electrons. The Morgan fingerprint density at radius 3 is 2.07 bits per heavy atom. The van der Waals surface area contributed by atoms with E-state index in [0.29, 0.717) is 0 Å². The molecule has 1 aromatic rings. The van der Waals surface area contributed by atoms with Gasteiger partial charge in [0.15, 0.2) is 0 Å². The minimum atomic E-state index is 0.235. The summed E-state index contributed by atoms with van der Waals surface area (Å²) < 4.78 is 0. The first-order chi connectivity index (χ1) is 7.18. The van der Waals surface area contributed by atoms with E-state index in [1.807, 2.05) is 12.1 Å². The Balaban J connectivity index is 3.02. The third-order valence-corrected chi connectivity index (χ3v) is 3.69. The fourth-order valence-electron chi connectivity index (χ4n) is 2.24. The Morgan fingerprint density at radius 1 is 1.13 bits per heavy atom. The van der Waals surface area contributed by atoms with Gasteiger partial charge in [-0.3, -0.25) is 0 Å². The van der Waals surface area contributed by atoms with Crippen LogP contribution in [0.4, 0.5) is 0 Å². The molecule has 0 aliphatic rings. The zero-order valence-corrected chi connectivity index (χ0v) is 10.3. The molecule has 0 saturated carbocycles. The summed E-state index contributed by atoms with van der Waals surface area (Å²) in [4.78, 5) is 0. The summed E-state index contributed by atoms with van der Waals surface area (Å²) in [6, 6.07) is 8.19. The first kappa shape index (κ1) is 12.5. The van der Waals surface area contributed by atoms with Crippen LogP contribution in [-0.2, 0) is 5.41 Å². The average molecular weight is 226 g/mol. The van der Waals surface area contributed by atoms with Crippen LogP contribution < -0.4 is 5.73 Å². The second-order valence-electron chi connectivity index (χ2n) is 4.03. The molecule has 0 amide bonds. The minimum Gasteiger partial charge on any atom is -0.330 e. The van der Waals surface area contributed by atoms with Crippen molar-refractivity contribution in [3.05, 3.63) is 34.9 Å². The van der Waals surface area contributed by atoms with Gasteiger partial charge in [-0.25, -0.2) is 0 Å². The van der Waals surface area contributed by atoms with Gasteiger partial charge < -0.3 is 5.73 Å². The first-order valence-electron chi connectivity index (χ1n) is 5.64. The van der Waals surface area contributed by atoms with Crippen LogP contribution >= 0.6 is 11.6 Å². The molecule has 0 bridgehead atoms. The van der Waals surface area contributed by atoms with Crippen LogP contribution in [0.1, 0.15) is 38.7 Å². The summed E-state index contributed by atoms with van der Waals surface area (Å²) in [5.74, 6) is 0. The fourth-order valence-corrected chi connectivity index (χ4v) is 2.36. The molecule has 15 heavy (non-hydrogen) atoms. The molecular formula is C13H20ClN. The van der Waals surface area contributed by atoms with E-state index in [-0.39, 0.29) is 5.41 Å². The van der Waals surface area contributed by atoms with Crippen molar-refractivity contribution in [3.8, 4) is 0 Å². The van der Waals surface area contributed by atoms with Crippen molar-refractivity contribution in [2.45, 2.75) is 38.5 Å². The van der Waals surface area contributed by atoms with E-state index >= 15 is 0 Å². The molecule has 0 saturated heterocycles. The zero-order valence-electron chi connectivity index (χ0n) is 9.59. The lowest BCUT2D eigenvalue weighted by atomic mass is 9.73. The van der Waals surface area contributed by atoms with E-state index in [9.17, 15) is 0 Å². The van der Waals surface area contributed by atoms with Crippen molar-refractivity contribution < 1.29 is 0 Å². The Morgan fingerprint density at radius 2 is 1.67 bits per heavy atom. The number of rotatable bonds is 5. The highest BCUT2D eigenvalue weighted by Crippen LogP contribution is 2.35. The van der Waals surface area contributed by atoms with E-state index in [1.165, 1.54) is 5.56 Å². The monoisotopic (exact) mass is 225 g/mol. The summed E-state index contributed by atoms with van der Waals surface area (Å²) in [6.07, 6.45) is 3.30. The molecule has 0 atom stereocenters. The predicted molar refractivity (Wildman–Crippen MR) is 67.4 cm³/mol. The molecular weight excluding hydrogens is 206 g/mol. The van der Waals surface area contributed by atoms with E-state index in [1.54, 1.807) is 0 Å². The molecule has 0 aliphatic carbocycles. The van der Waals surface area contributed by atoms with Gasteiger partial charge in [0.05, 0.1) is 0 Å². The van der Waals surface area contributed by atoms with Crippen LogP contribution in [-0.4, -0.2) is 6.54 Å². The normalized spacial score (nSPS) is 11.7. The highest BCUT2D eigenvalue weighted by Gasteiger charge is 2.27. The third kappa shape index (κ3) is 2.73. The lowest BCUT2D eigenvalue weighted by molar-refractivity contribution is 0.371. The molecule has 0 spiro atoms. The van der Waals surface area contributed by atoms with Crippen LogP contribution in [0, 0.1) is 0 Å². The molecule has 2 heteroatoms. The molecule has 0 aromatic heterocycles. The topological polar surface area (TPSA) is 26.0 Å².